The standard InChI is InChI=1S/C15H15ClN2/c1-11-8-12(2)15(14(16)9-11)18-7-5-13-4-3-6-17-10-13/h3-4,6-10H,5H2,1-2H3. The summed E-state index contributed by atoms with van der Waals surface area (Å²) < 4.78 is 0. The molecule has 3 heteroatoms. The molecular formula is C15H15ClN2. The molecule has 0 aliphatic rings. The van der Waals surface area contributed by atoms with Crippen molar-refractivity contribution in [3.05, 3.63) is 58.4 Å². The molecule has 1 heterocycles. The third-order valence-electron chi connectivity index (χ3n) is 2.67. The van der Waals surface area contributed by atoms with E-state index in [1.165, 1.54) is 0 Å². The lowest BCUT2D eigenvalue weighted by Gasteiger charge is -2.04. The molecule has 2 rings (SSSR count). The number of aliphatic imine (C=N–C) groups is 1. The van der Waals surface area contributed by atoms with Crippen molar-refractivity contribution in [1.29, 1.82) is 0 Å². The highest BCUT2D eigenvalue weighted by Crippen LogP contribution is 2.29. The molecule has 0 radical (unpaired) electrons. The van der Waals surface area contributed by atoms with E-state index in [1.807, 2.05) is 44.5 Å². The molecule has 0 fully saturated rings. The normalized spacial score (nSPS) is 11.1. The van der Waals surface area contributed by atoms with Crippen LogP contribution in [-0.2, 0) is 6.42 Å². The highest BCUT2D eigenvalue weighted by molar-refractivity contribution is 6.33. The predicted molar refractivity (Wildman–Crippen MR) is 77.0 cm³/mol. The molecule has 92 valence electrons. The van der Waals surface area contributed by atoms with Gasteiger partial charge in [0.25, 0.3) is 0 Å². The zero-order valence-corrected chi connectivity index (χ0v) is 11.3. The fourth-order valence-corrected chi connectivity index (χ4v) is 2.20. The van der Waals surface area contributed by atoms with Gasteiger partial charge in [-0.05, 0) is 42.7 Å². The van der Waals surface area contributed by atoms with Crippen molar-refractivity contribution in [2.24, 2.45) is 4.99 Å². The van der Waals surface area contributed by atoms with E-state index < -0.39 is 0 Å². The molecule has 18 heavy (non-hydrogen) atoms. The van der Waals surface area contributed by atoms with Gasteiger partial charge in [-0.15, -0.1) is 0 Å². The van der Waals surface area contributed by atoms with Crippen molar-refractivity contribution in [2.75, 3.05) is 0 Å². The maximum absolute atomic E-state index is 6.19. The number of aromatic nitrogens is 1. The Bertz CT molecular complexity index is 539. The van der Waals surface area contributed by atoms with Gasteiger partial charge in [-0.1, -0.05) is 23.7 Å². The smallest absolute Gasteiger partial charge is 0.0841 e. The number of hydrogen-bond donors (Lipinski definition) is 0. The number of aryl methyl sites for hydroxylation is 2. The molecule has 2 aromatic rings. The average molecular weight is 259 g/mol. The minimum atomic E-state index is 0.704. The van der Waals surface area contributed by atoms with Gasteiger partial charge in [0, 0.05) is 25.0 Å². The third-order valence-corrected chi connectivity index (χ3v) is 2.96. The maximum atomic E-state index is 6.19. The van der Waals surface area contributed by atoms with Gasteiger partial charge in [-0.2, -0.15) is 0 Å². The van der Waals surface area contributed by atoms with E-state index in [-0.39, 0.29) is 0 Å². The fraction of sp³-hybridized carbons (Fsp3) is 0.200. The first-order valence-corrected chi connectivity index (χ1v) is 6.23. The van der Waals surface area contributed by atoms with Gasteiger partial charge in [0.15, 0.2) is 0 Å². The summed E-state index contributed by atoms with van der Waals surface area (Å²) in [4.78, 5) is 8.53. The minimum absolute atomic E-state index is 0.704. The second-order valence-corrected chi connectivity index (χ2v) is 4.70. The van der Waals surface area contributed by atoms with Gasteiger partial charge in [0.05, 0.1) is 10.7 Å². The first kappa shape index (κ1) is 12.8. The zero-order chi connectivity index (χ0) is 13.0. The lowest BCUT2D eigenvalue weighted by atomic mass is 10.1. The first-order chi connectivity index (χ1) is 8.66. The van der Waals surface area contributed by atoms with E-state index in [1.54, 1.807) is 6.20 Å². The Morgan fingerprint density at radius 1 is 1.33 bits per heavy atom. The summed E-state index contributed by atoms with van der Waals surface area (Å²) in [5, 5.41) is 0.704. The number of hydrogen-bond acceptors (Lipinski definition) is 2. The largest absolute Gasteiger partial charge is 0.264 e. The van der Waals surface area contributed by atoms with Gasteiger partial charge in [0.2, 0.25) is 0 Å². The van der Waals surface area contributed by atoms with E-state index in [9.17, 15) is 0 Å². The van der Waals surface area contributed by atoms with Gasteiger partial charge in [-0.3, -0.25) is 9.98 Å². The van der Waals surface area contributed by atoms with Gasteiger partial charge >= 0.3 is 0 Å². The number of halogens is 1. The van der Waals surface area contributed by atoms with Crippen LogP contribution in [0.15, 0.2) is 41.7 Å². The van der Waals surface area contributed by atoms with Crippen LogP contribution in [0.4, 0.5) is 5.69 Å². The summed E-state index contributed by atoms with van der Waals surface area (Å²) in [6, 6.07) is 7.98. The molecule has 0 saturated carbocycles. The molecule has 0 spiro atoms. The van der Waals surface area contributed by atoms with E-state index in [0.29, 0.717) is 5.02 Å². The molecule has 0 atom stereocenters. The Hall–Kier alpha value is -1.67. The lowest BCUT2D eigenvalue weighted by molar-refractivity contribution is 1.23. The number of pyridine rings is 1. The van der Waals surface area contributed by atoms with Crippen molar-refractivity contribution >= 4 is 23.5 Å². The predicted octanol–water partition coefficient (Wildman–Crippen LogP) is 4.30. The van der Waals surface area contributed by atoms with Crippen LogP contribution in [-0.4, -0.2) is 11.2 Å². The summed E-state index contributed by atoms with van der Waals surface area (Å²) in [7, 11) is 0. The molecule has 0 N–H and O–H groups in total. The SMILES string of the molecule is Cc1cc(C)c(N=CCc2cccnc2)c(Cl)c1. The number of rotatable bonds is 3. The van der Waals surface area contributed by atoms with Gasteiger partial charge in [-0.25, -0.2) is 0 Å². The van der Waals surface area contributed by atoms with Gasteiger partial charge in [0.1, 0.15) is 0 Å². The van der Waals surface area contributed by atoms with Crippen LogP contribution >= 0.6 is 11.6 Å². The second kappa shape index (κ2) is 5.78. The topological polar surface area (TPSA) is 25.2 Å². The molecular weight excluding hydrogens is 244 g/mol. The summed E-state index contributed by atoms with van der Waals surface area (Å²) in [5.74, 6) is 0. The van der Waals surface area contributed by atoms with Crippen LogP contribution in [0.25, 0.3) is 0 Å². The first-order valence-electron chi connectivity index (χ1n) is 5.85. The third kappa shape index (κ3) is 3.17. The monoisotopic (exact) mass is 258 g/mol. The highest BCUT2D eigenvalue weighted by Gasteiger charge is 2.02. The molecule has 1 aromatic carbocycles. The summed E-state index contributed by atoms with van der Waals surface area (Å²) in [6.07, 6.45) is 6.25. The van der Waals surface area contributed by atoms with Crippen LogP contribution in [0.2, 0.25) is 5.02 Å². The Morgan fingerprint density at radius 3 is 2.83 bits per heavy atom. The summed E-state index contributed by atoms with van der Waals surface area (Å²) in [6.45, 7) is 4.05. The highest BCUT2D eigenvalue weighted by atomic mass is 35.5. The number of benzene rings is 1. The summed E-state index contributed by atoms with van der Waals surface area (Å²) >= 11 is 6.19. The Morgan fingerprint density at radius 2 is 2.17 bits per heavy atom. The molecule has 0 unspecified atom stereocenters. The van der Waals surface area contributed by atoms with Crippen LogP contribution in [0, 0.1) is 13.8 Å². The molecule has 0 saturated heterocycles. The molecule has 0 amide bonds. The van der Waals surface area contributed by atoms with Gasteiger partial charge < -0.3 is 0 Å². The van der Waals surface area contributed by atoms with E-state index in [2.05, 4.69) is 16.0 Å². The Labute approximate surface area is 112 Å². The van der Waals surface area contributed by atoms with Crippen molar-refractivity contribution < 1.29 is 0 Å². The second-order valence-electron chi connectivity index (χ2n) is 4.29. The van der Waals surface area contributed by atoms with Crippen LogP contribution in [0.5, 0.6) is 0 Å². The molecule has 0 aliphatic heterocycles. The van der Waals surface area contributed by atoms with E-state index in [0.717, 1.165) is 28.8 Å². The Kier molecular flexibility index (Phi) is 4.11. The van der Waals surface area contributed by atoms with Crippen molar-refractivity contribution in [3.8, 4) is 0 Å². The quantitative estimate of drug-likeness (QED) is 0.754. The Balaban J connectivity index is 2.15. The molecule has 1 aromatic heterocycles. The van der Waals surface area contributed by atoms with Crippen LogP contribution in [0.3, 0.4) is 0 Å². The molecule has 2 nitrogen and oxygen atoms in total. The zero-order valence-electron chi connectivity index (χ0n) is 10.5. The maximum Gasteiger partial charge on any atom is 0.0841 e. The number of nitrogens with zero attached hydrogens (tertiary/aromatic N) is 2. The molecule has 0 bridgehead atoms. The lowest BCUT2D eigenvalue weighted by Crippen LogP contribution is -1.87. The fourth-order valence-electron chi connectivity index (χ4n) is 1.83. The summed E-state index contributed by atoms with van der Waals surface area (Å²) in [5.41, 5.74) is 4.25. The van der Waals surface area contributed by atoms with E-state index >= 15 is 0 Å². The van der Waals surface area contributed by atoms with Crippen molar-refractivity contribution in [1.82, 2.24) is 4.98 Å². The van der Waals surface area contributed by atoms with E-state index in [4.69, 9.17) is 11.6 Å². The van der Waals surface area contributed by atoms with Crippen molar-refractivity contribution in [2.45, 2.75) is 20.3 Å². The minimum Gasteiger partial charge on any atom is -0.264 e. The molecule has 0 aliphatic carbocycles. The van der Waals surface area contributed by atoms with Crippen LogP contribution in [0.1, 0.15) is 16.7 Å². The van der Waals surface area contributed by atoms with Crippen molar-refractivity contribution in [3.63, 3.8) is 0 Å². The van der Waals surface area contributed by atoms with Crippen LogP contribution < -0.4 is 0 Å². The average Bonchev–Trinajstić information content (AvgIpc) is 2.34.